The fourth-order valence-electron chi connectivity index (χ4n) is 4.13. The molecule has 140 valence electrons. The van der Waals surface area contributed by atoms with Gasteiger partial charge in [-0.2, -0.15) is 5.26 Å². The minimum atomic E-state index is -0.883. The maximum atomic E-state index is 13.2. The molecule has 2 aliphatic rings. The second kappa shape index (κ2) is 7.10. The highest BCUT2D eigenvalue weighted by Gasteiger charge is 2.41. The summed E-state index contributed by atoms with van der Waals surface area (Å²) in [5.74, 6) is 1.11. The van der Waals surface area contributed by atoms with Crippen molar-refractivity contribution < 1.29 is 9.18 Å². The molecule has 0 radical (unpaired) electrons. The third-order valence-corrected chi connectivity index (χ3v) is 5.74. The number of rotatable bonds is 3. The number of hydrogen-bond acceptors (Lipinski definition) is 4. The topological polar surface area (TPSA) is 83.6 Å². The number of carbonyl (C=O) groups is 1. The smallest absolute Gasteiger partial charge is 0.240 e. The van der Waals surface area contributed by atoms with Crippen LogP contribution in [0.15, 0.2) is 24.3 Å². The first-order chi connectivity index (χ1) is 13.1. The highest BCUT2D eigenvalue weighted by Crippen LogP contribution is 2.36. The van der Waals surface area contributed by atoms with E-state index in [0.29, 0.717) is 31.6 Å². The number of nitrogens with zero attached hydrogens (tertiary/aromatic N) is 4. The second-order valence-corrected chi connectivity index (χ2v) is 7.52. The van der Waals surface area contributed by atoms with Crippen LogP contribution in [0.3, 0.4) is 0 Å². The van der Waals surface area contributed by atoms with Gasteiger partial charge in [-0.05, 0) is 43.5 Å². The molecule has 1 N–H and O–H groups in total. The van der Waals surface area contributed by atoms with Gasteiger partial charge < -0.3 is 9.88 Å². The lowest BCUT2D eigenvalue weighted by Crippen LogP contribution is -2.48. The SMILES string of the molecule is N#CC1(C(=O)NC2CCc3nnc(-c4ccc(F)cc4)n3C2)CCCCC1. The van der Waals surface area contributed by atoms with Crippen molar-refractivity contribution >= 4 is 5.91 Å². The monoisotopic (exact) mass is 367 g/mol. The van der Waals surface area contributed by atoms with Crippen LogP contribution in [0.25, 0.3) is 11.4 Å². The van der Waals surface area contributed by atoms with Crippen LogP contribution in [0, 0.1) is 22.6 Å². The molecule has 2 aromatic rings. The molecule has 1 amide bonds. The number of carbonyl (C=O) groups excluding carboxylic acids is 1. The molecule has 2 heterocycles. The number of hydrogen-bond donors (Lipinski definition) is 1. The van der Waals surface area contributed by atoms with Gasteiger partial charge in [0.2, 0.25) is 5.91 Å². The van der Waals surface area contributed by atoms with E-state index in [2.05, 4.69) is 21.6 Å². The van der Waals surface area contributed by atoms with E-state index in [-0.39, 0.29) is 17.8 Å². The van der Waals surface area contributed by atoms with E-state index in [1.165, 1.54) is 12.1 Å². The van der Waals surface area contributed by atoms with E-state index in [4.69, 9.17) is 0 Å². The molecule has 1 aromatic heterocycles. The van der Waals surface area contributed by atoms with E-state index in [1.807, 2.05) is 4.57 Å². The van der Waals surface area contributed by atoms with Crippen molar-refractivity contribution in [1.82, 2.24) is 20.1 Å². The molecule has 1 aromatic carbocycles. The minimum Gasteiger partial charge on any atom is -0.350 e. The van der Waals surface area contributed by atoms with Crippen LogP contribution >= 0.6 is 0 Å². The van der Waals surface area contributed by atoms with Gasteiger partial charge in [-0.3, -0.25) is 4.79 Å². The summed E-state index contributed by atoms with van der Waals surface area (Å²) in [7, 11) is 0. The third kappa shape index (κ3) is 3.32. The van der Waals surface area contributed by atoms with Gasteiger partial charge >= 0.3 is 0 Å². The summed E-state index contributed by atoms with van der Waals surface area (Å²) in [5.41, 5.74) is -0.0891. The molecule has 1 saturated carbocycles. The molecule has 0 saturated heterocycles. The fourth-order valence-corrected chi connectivity index (χ4v) is 4.13. The Morgan fingerprint density at radius 1 is 1.22 bits per heavy atom. The van der Waals surface area contributed by atoms with Crippen LogP contribution in [0.4, 0.5) is 4.39 Å². The molecule has 1 aliphatic carbocycles. The molecular formula is C20H22FN5O. The number of halogens is 1. The highest BCUT2D eigenvalue weighted by molar-refractivity contribution is 5.85. The Hall–Kier alpha value is -2.75. The van der Waals surface area contributed by atoms with Gasteiger partial charge in [0.05, 0.1) is 6.07 Å². The van der Waals surface area contributed by atoms with Crippen LogP contribution < -0.4 is 5.32 Å². The van der Waals surface area contributed by atoms with Gasteiger partial charge in [0.1, 0.15) is 17.1 Å². The van der Waals surface area contributed by atoms with Crippen molar-refractivity contribution in [2.24, 2.45) is 5.41 Å². The molecule has 6 nitrogen and oxygen atoms in total. The van der Waals surface area contributed by atoms with Gasteiger partial charge in [0.15, 0.2) is 5.82 Å². The molecule has 0 spiro atoms. The van der Waals surface area contributed by atoms with E-state index in [0.717, 1.165) is 37.1 Å². The van der Waals surface area contributed by atoms with Gasteiger partial charge in [-0.15, -0.1) is 10.2 Å². The summed E-state index contributed by atoms with van der Waals surface area (Å²) >= 11 is 0. The number of aromatic nitrogens is 3. The Morgan fingerprint density at radius 2 is 1.96 bits per heavy atom. The highest BCUT2D eigenvalue weighted by atomic mass is 19.1. The summed E-state index contributed by atoms with van der Waals surface area (Å²) in [6.45, 7) is 0.558. The number of amides is 1. The maximum absolute atomic E-state index is 13.2. The predicted octanol–water partition coefficient (Wildman–Crippen LogP) is 2.99. The largest absolute Gasteiger partial charge is 0.350 e. The first-order valence-electron chi connectivity index (χ1n) is 9.51. The van der Waals surface area contributed by atoms with Crippen molar-refractivity contribution in [2.45, 2.75) is 57.5 Å². The number of benzene rings is 1. The van der Waals surface area contributed by atoms with Crippen LogP contribution in [-0.2, 0) is 17.8 Å². The lowest BCUT2D eigenvalue weighted by atomic mass is 9.74. The van der Waals surface area contributed by atoms with E-state index in [9.17, 15) is 14.4 Å². The fraction of sp³-hybridized carbons (Fsp3) is 0.500. The first-order valence-corrected chi connectivity index (χ1v) is 9.51. The lowest BCUT2D eigenvalue weighted by Gasteiger charge is -2.32. The van der Waals surface area contributed by atoms with Crippen LogP contribution in [0.5, 0.6) is 0 Å². The van der Waals surface area contributed by atoms with Gasteiger partial charge in [0.25, 0.3) is 0 Å². The Labute approximate surface area is 157 Å². The predicted molar refractivity (Wildman–Crippen MR) is 96.8 cm³/mol. The average Bonchev–Trinajstić information content (AvgIpc) is 3.12. The maximum Gasteiger partial charge on any atom is 0.240 e. The van der Waals surface area contributed by atoms with Gasteiger partial charge in [-0.25, -0.2) is 4.39 Å². The zero-order valence-electron chi connectivity index (χ0n) is 15.1. The van der Waals surface area contributed by atoms with E-state index in [1.54, 1.807) is 12.1 Å². The summed E-state index contributed by atoms with van der Waals surface area (Å²) in [6.07, 6.45) is 5.70. The summed E-state index contributed by atoms with van der Waals surface area (Å²) in [6, 6.07) is 8.39. The average molecular weight is 367 g/mol. The normalized spacial score (nSPS) is 21.1. The number of nitrogens with one attached hydrogen (secondary N) is 1. The third-order valence-electron chi connectivity index (χ3n) is 5.74. The standard InChI is InChI=1S/C20H22FN5O/c21-15-6-4-14(5-7-15)18-25-24-17-9-8-16(12-26(17)18)23-19(27)20(13-22)10-2-1-3-11-20/h4-7,16H,1-3,8-12H2,(H,23,27). The molecule has 1 fully saturated rings. The quantitative estimate of drug-likeness (QED) is 0.904. The molecule has 4 rings (SSSR count). The number of fused-ring (bicyclic) bond motifs is 1. The van der Waals surface area contributed by atoms with Crippen LogP contribution in [-0.4, -0.2) is 26.7 Å². The molecule has 1 aliphatic heterocycles. The zero-order chi connectivity index (χ0) is 18.9. The Morgan fingerprint density at radius 3 is 2.67 bits per heavy atom. The van der Waals surface area contributed by atoms with Gasteiger partial charge in [0, 0.05) is 24.6 Å². The van der Waals surface area contributed by atoms with Crippen molar-refractivity contribution in [1.29, 1.82) is 5.26 Å². The number of aryl methyl sites for hydroxylation is 1. The molecule has 7 heteroatoms. The first kappa shape index (κ1) is 17.7. The van der Waals surface area contributed by atoms with E-state index < -0.39 is 5.41 Å². The van der Waals surface area contributed by atoms with Crippen molar-refractivity contribution in [3.05, 3.63) is 35.9 Å². The summed E-state index contributed by atoms with van der Waals surface area (Å²) in [5, 5.41) is 21.2. The van der Waals surface area contributed by atoms with Crippen molar-refractivity contribution in [3.63, 3.8) is 0 Å². The van der Waals surface area contributed by atoms with E-state index >= 15 is 0 Å². The van der Waals surface area contributed by atoms with Crippen LogP contribution in [0.1, 0.15) is 44.3 Å². The van der Waals surface area contributed by atoms with Gasteiger partial charge in [-0.1, -0.05) is 19.3 Å². The Balaban J connectivity index is 1.51. The van der Waals surface area contributed by atoms with Crippen molar-refractivity contribution in [2.75, 3.05) is 0 Å². The lowest BCUT2D eigenvalue weighted by molar-refractivity contribution is -0.130. The number of nitriles is 1. The minimum absolute atomic E-state index is 0.0626. The molecule has 27 heavy (non-hydrogen) atoms. The van der Waals surface area contributed by atoms with Crippen molar-refractivity contribution in [3.8, 4) is 17.5 Å². The van der Waals surface area contributed by atoms with Crippen LogP contribution in [0.2, 0.25) is 0 Å². The summed E-state index contributed by atoms with van der Waals surface area (Å²) < 4.78 is 15.2. The second-order valence-electron chi connectivity index (χ2n) is 7.52. The molecule has 0 bridgehead atoms. The molecular weight excluding hydrogens is 345 g/mol. The Bertz CT molecular complexity index is 877. The zero-order valence-corrected chi connectivity index (χ0v) is 15.1. The molecule has 1 unspecified atom stereocenters. The summed E-state index contributed by atoms with van der Waals surface area (Å²) in [4.78, 5) is 12.8. The molecule has 1 atom stereocenters. The Kier molecular flexibility index (Phi) is 4.65.